The van der Waals surface area contributed by atoms with E-state index in [-0.39, 0.29) is 5.41 Å². The average Bonchev–Trinajstić information content (AvgIpc) is 2.95. The van der Waals surface area contributed by atoms with E-state index in [1.165, 1.54) is 16.7 Å². The maximum Gasteiger partial charge on any atom is 0.209 e. The van der Waals surface area contributed by atoms with Crippen molar-refractivity contribution in [3.8, 4) is 22.6 Å². The first-order valence-corrected chi connectivity index (χ1v) is 13.2. The summed E-state index contributed by atoms with van der Waals surface area (Å²) >= 11 is 0. The lowest BCUT2D eigenvalue weighted by atomic mass is 9.84. The molecule has 3 heteroatoms. The van der Waals surface area contributed by atoms with E-state index < -0.39 is 6.29 Å². The molecule has 4 rings (SSSR count). The number of ether oxygens (including phenoxy) is 3. The zero-order chi connectivity index (χ0) is 26.1. The molecule has 0 aliphatic heterocycles. The van der Waals surface area contributed by atoms with Gasteiger partial charge in [0.15, 0.2) is 0 Å². The molecular formula is C34H38O3. The van der Waals surface area contributed by atoms with Crippen LogP contribution in [-0.2, 0) is 10.2 Å². The fraction of sp³-hybridized carbons (Fsp3) is 0.294. The van der Waals surface area contributed by atoms with E-state index in [9.17, 15) is 0 Å². The second kappa shape index (κ2) is 12.6. The Labute approximate surface area is 222 Å². The molecule has 0 amide bonds. The molecule has 4 aromatic carbocycles. The van der Waals surface area contributed by atoms with Crippen molar-refractivity contribution in [3.63, 3.8) is 0 Å². The first kappa shape index (κ1) is 26.5. The van der Waals surface area contributed by atoms with Crippen LogP contribution >= 0.6 is 0 Å². The van der Waals surface area contributed by atoms with E-state index in [4.69, 9.17) is 14.2 Å². The topological polar surface area (TPSA) is 27.7 Å². The Morgan fingerprint density at radius 1 is 0.649 bits per heavy atom. The molecule has 0 aliphatic carbocycles. The third kappa shape index (κ3) is 7.02. The van der Waals surface area contributed by atoms with E-state index in [1.54, 1.807) is 0 Å². The molecule has 0 aliphatic rings. The van der Waals surface area contributed by atoms with Crippen molar-refractivity contribution in [3.05, 3.63) is 120 Å². The van der Waals surface area contributed by atoms with E-state index in [0.29, 0.717) is 19.1 Å². The summed E-state index contributed by atoms with van der Waals surface area (Å²) in [6.45, 7) is 9.61. The Morgan fingerprint density at radius 3 is 1.84 bits per heavy atom. The number of rotatable bonds is 12. The maximum absolute atomic E-state index is 6.44. The van der Waals surface area contributed by atoms with Crippen molar-refractivity contribution < 1.29 is 14.2 Å². The molecule has 3 nitrogen and oxygen atoms in total. The van der Waals surface area contributed by atoms with Gasteiger partial charge in [-0.3, -0.25) is 0 Å². The summed E-state index contributed by atoms with van der Waals surface area (Å²) in [7, 11) is 0. The zero-order valence-corrected chi connectivity index (χ0v) is 22.4. The van der Waals surface area contributed by atoms with Crippen LogP contribution in [0.15, 0.2) is 109 Å². The molecule has 192 valence electrons. The van der Waals surface area contributed by atoms with Crippen LogP contribution in [0.4, 0.5) is 0 Å². The molecule has 0 saturated heterocycles. The zero-order valence-electron chi connectivity index (χ0n) is 22.4. The highest BCUT2D eigenvalue weighted by molar-refractivity contribution is 5.63. The first-order chi connectivity index (χ1) is 18.0. The molecule has 0 fully saturated rings. The van der Waals surface area contributed by atoms with Gasteiger partial charge in [0.05, 0.1) is 12.0 Å². The van der Waals surface area contributed by atoms with Crippen LogP contribution in [0.3, 0.4) is 0 Å². The van der Waals surface area contributed by atoms with Gasteiger partial charge < -0.3 is 14.2 Å². The molecule has 4 aromatic rings. The first-order valence-electron chi connectivity index (χ1n) is 13.2. The molecular weight excluding hydrogens is 456 g/mol. The minimum atomic E-state index is -0.478. The van der Waals surface area contributed by atoms with Crippen molar-refractivity contribution in [1.29, 1.82) is 0 Å². The van der Waals surface area contributed by atoms with Crippen LogP contribution in [0.1, 0.15) is 51.2 Å². The number of hydrogen-bond acceptors (Lipinski definition) is 3. The fourth-order valence-electron chi connectivity index (χ4n) is 4.32. The predicted molar refractivity (Wildman–Crippen MR) is 152 cm³/mol. The van der Waals surface area contributed by atoms with Gasteiger partial charge in [-0.05, 0) is 72.7 Å². The maximum atomic E-state index is 6.44. The Hall–Kier alpha value is -3.56. The van der Waals surface area contributed by atoms with Crippen molar-refractivity contribution in [1.82, 2.24) is 0 Å². The van der Waals surface area contributed by atoms with E-state index in [2.05, 4.69) is 88.4 Å². The molecule has 0 spiro atoms. The van der Waals surface area contributed by atoms with Gasteiger partial charge in [0, 0.05) is 0 Å². The van der Waals surface area contributed by atoms with Crippen LogP contribution < -0.4 is 9.47 Å². The summed E-state index contributed by atoms with van der Waals surface area (Å²) in [6, 6.07) is 37.3. The minimum absolute atomic E-state index is 0.367. The quantitative estimate of drug-likeness (QED) is 0.146. The molecule has 37 heavy (non-hydrogen) atoms. The Bertz CT molecular complexity index is 1200. The van der Waals surface area contributed by atoms with Crippen LogP contribution in [0.2, 0.25) is 0 Å². The summed E-state index contributed by atoms with van der Waals surface area (Å²) in [4.78, 5) is 0. The van der Waals surface area contributed by atoms with Gasteiger partial charge in [0.25, 0.3) is 0 Å². The van der Waals surface area contributed by atoms with Gasteiger partial charge in [-0.25, -0.2) is 0 Å². The molecule has 0 radical (unpaired) electrons. The smallest absolute Gasteiger partial charge is 0.209 e. The van der Waals surface area contributed by atoms with Crippen molar-refractivity contribution in [2.75, 3.05) is 13.2 Å². The average molecular weight is 495 g/mol. The molecule has 0 N–H and O–H groups in total. The second-order valence-electron chi connectivity index (χ2n) is 10.0. The van der Waals surface area contributed by atoms with Crippen LogP contribution in [-0.4, -0.2) is 19.5 Å². The van der Waals surface area contributed by atoms with Crippen molar-refractivity contribution >= 4 is 0 Å². The highest BCUT2D eigenvalue weighted by Crippen LogP contribution is 2.32. The van der Waals surface area contributed by atoms with Gasteiger partial charge in [-0.15, -0.1) is 0 Å². The Morgan fingerprint density at radius 2 is 1.22 bits per heavy atom. The molecule has 2 unspecified atom stereocenters. The number of hydrogen-bond donors (Lipinski definition) is 0. The van der Waals surface area contributed by atoms with E-state index in [0.717, 1.165) is 23.5 Å². The van der Waals surface area contributed by atoms with Gasteiger partial charge in [-0.1, -0.05) is 98.8 Å². The summed E-state index contributed by atoms with van der Waals surface area (Å²) in [5.41, 5.74) is 4.47. The third-order valence-corrected chi connectivity index (χ3v) is 6.99. The third-order valence-electron chi connectivity index (χ3n) is 6.99. The summed E-state index contributed by atoms with van der Waals surface area (Å²) in [5, 5.41) is 0. The molecule has 2 atom stereocenters. The largest absolute Gasteiger partial charge is 0.491 e. The lowest BCUT2D eigenvalue weighted by molar-refractivity contribution is -0.125. The SMILES string of the molecule is CCC(C)c1ccc(OC(OCCOc2ccc(-c3ccccc3)cc2)C(C)(C)c2ccccc2)cc1. The molecule has 0 aromatic heterocycles. The summed E-state index contributed by atoms with van der Waals surface area (Å²) in [6.07, 6.45) is 0.635. The molecule has 0 heterocycles. The highest BCUT2D eigenvalue weighted by atomic mass is 16.7. The van der Waals surface area contributed by atoms with Crippen molar-refractivity contribution in [2.45, 2.75) is 51.7 Å². The molecule has 0 bridgehead atoms. The second-order valence-corrected chi connectivity index (χ2v) is 10.0. The Balaban J connectivity index is 1.40. The van der Waals surface area contributed by atoms with E-state index in [1.807, 2.05) is 48.5 Å². The van der Waals surface area contributed by atoms with Gasteiger partial charge >= 0.3 is 0 Å². The van der Waals surface area contributed by atoms with Crippen molar-refractivity contribution in [2.24, 2.45) is 0 Å². The fourth-order valence-corrected chi connectivity index (χ4v) is 4.32. The van der Waals surface area contributed by atoms with E-state index >= 15 is 0 Å². The molecule has 0 saturated carbocycles. The Kier molecular flexibility index (Phi) is 9.03. The summed E-state index contributed by atoms with van der Waals surface area (Å²) < 4.78 is 18.8. The monoisotopic (exact) mass is 494 g/mol. The van der Waals surface area contributed by atoms with Crippen LogP contribution in [0.5, 0.6) is 11.5 Å². The standard InChI is InChI=1S/C34H38O3/c1-5-26(2)27-16-22-32(23-17-27)37-33(34(3,4)30-14-10-7-11-15-30)36-25-24-35-31-20-18-29(19-21-31)28-12-8-6-9-13-28/h6-23,26,33H,5,24-25H2,1-4H3. The summed E-state index contributed by atoms with van der Waals surface area (Å²) in [5.74, 6) is 2.16. The van der Waals surface area contributed by atoms with Gasteiger partial charge in [0.1, 0.15) is 18.1 Å². The van der Waals surface area contributed by atoms with Crippen LogP contribution in [0.25, 0.3) is 11.1 Å². The van der Waals surface area contributed by atoms with Crippen LogP contribution in [0, 0.1) is 0 Å². The minimum Gasteiger partial charge on any atom is -0.491 e. The predicted octanol–water partition coefficient (Wildman–Crippen LogP) is 8.65. The highest BCUT2D eigenvalue weighted by Gasteiger charge is 2.34. The lowest BCUT2D eigenvalue weighted by Crippen LogP contribution is -2.41. The lowest BCUT2D eigenvalue weighted by Gasteiger charge is -2.34. The van der Waals surface area contributed by atoms with Gasteiger partial charge in [0.2, 0.25) is 6.29 Å². The normalized spacial score (nSPS) is 13.1. The van der Waals surface area contributed by atoms with Gasteiger partial charge in [-0.2, -0.15) is 0 Å². The number of benzene rings is 4.